The zero-order valence-corrected chi connectivity index (χ0v) is 28.9. The van der Waals surface area contributed by atoms with E-state index in [0.29, 0.717) is 37.0 Å². The summed E-state index contributed by atoms with van der Waals surface area (Å²) in [7, 11) is 1.55. The lowest BCUT2D eigenvalue weighted by molar-refractivity contribution is -0.0871. The number of halogens is 2. The number of rotatable bonds is 12. The summed E-state index contributed by atoms with van der Waals surface area (Å²) in [5.74, 6) is -0.668. The molecule has 5 rings (SSSR count). The van der Waals surface area contributed by atoms with Gasteiger partial charge in [-0.3, -0.25) is 4.90 Å². The minimum Gasteiger partial charge on any atom is -0.488 e. The van der Waals surface area contributed by atoms with Crippen LogP contribution >= 0.6 is 11.6 Å². The van der Waals surface area contributed by atoms with E-state index in [9.17, 15) is 10.1 Å². The zero-order valence-electron chi connectivity index (χ0n) is 28.1. The lowest BCUT2D eigenvalue weighted by Gasteiger charge is -2.44. The topological polar surface area (TPSA) is 93.1 Å². The lowest BCUT2D eigenvalue weighted by Crippen LogP contribution is -2.58. The average Bonchev–Trinajstić information content (AvgIpc) is 3.04. The number of carbonyl (C=O) groups excluding carboxylic acids is 1. The van der Waals surface area contributed by atoms with Crippen LogP contribution in [0, 0.1) is 17.1 Å². The Kier molecular flexibility index (Phi) is 12.0. The number of methoxy groups -OCH3 is 1. The summed E-state index contributed by atoms with van der Waals surface area (Å²) in [4.78, 5) is 15.1. The standard InChI is InChI=1S/C38H45ClFN3O5/c1-38(2,3)48-37(44)43(30-23-46-24-30)29-14-12-28(13-15-29)42-22-32(25-8-6-5-7-9-25)26-10-16-33(39)31(20-26)35-27(21-41)11-17-34(36(35)40)47-19-18-45-4/h5-11,16-17,20,28-30,32,42H,12-15,18-19,22-24H2,1-4H3. The molecule has 0 spiro atoms. The van der Waals surface area contributed by atoms with Gasteiger partial charge in [0.15, 0.2) is 11.6 Å². The highest BCUT2D eigenvalue weighted by atomic mass is 35.5. The second-order valence-corrected chi connectivity index (χ2v) is 13.9. The molecule has 1 aliphatic carbocycles. The number of benzene rings is 3. The van der Waals surface area contributed by atoms with Gasteiger partial charge in [0.25, 0.3) is 0 Å². The fraction of sp³-hybridized carbons (Fsp3) is 0.474. The molecule has 10 heteroatoms. The van der Waals surface area contributed by atoms with Crippen LogP contribution in [0.1, 0.15) is 69.1 Å². The third-order valence-electron chi connectivity index (χ3n) is 8.96. The van der Waals surface area contributed by atoms with Crippen molar-refractivity contribution in [2.75, 3.05) is 40.1 Å². The summed E-state index contributed by atoms with van der Waals surface area (Å²) in [5.41, 5.74) is 2.20. The second-order valence-electron chi connectivity index (χ2n) is 13.4. The molecule has 2 aliphatic rings. The Hall–Kier alpha value is -3.68. The summed E-state index contributed by atoms with van der Waals surface area (Å²) in [5, 5.41) is 14.0. The van der Waals surface area contributed by atoms with Crippen LogP contribution < -0.4 is 10.1 Å². The number of carbonyl (C=O) groups is 1. The van der Waals surface area contributed by atoms with Crippen LogP contribution in [0.2, 0.25) is 5.02 Å². The first-order valence-electron chi connectivity index (χ1n) is 16.6. The third-order valence-corrected chi connectivity index (χ3v) is 9.28. The quantitative estimate of drug-likeness (QED) is 0.196. The largest absolute Gasteiger partial charge is 0.488 e. The molecule has 1 N–H and O–H groups in total. The Bertz CT molecular complexity index is 1580. The molecular weight excluding hydrogens is 633 g/mol. The van der Waals surface area contributed by atoms with Crippen LogP contribution in [0.4, 0.5) is 9.18 Å². The molecule has 0 radical (unpaired) electrons. The summed E-state index contributed by atoms with van der Waals surface area (Å²) >= 11 is 6.70. The SMILES string of the molecule is COCCOc1ccc(C#N)c(-c2cc(C(CNC3CCC(N(C(=O)OC(C)(C)C)C4COC4)CC3)c3ccccc3)ccc2Cl)c1F. The molecular formula is C38H45ClFN3O5. The molecule has 3 aromatic carbocycles. The van der Waals surface area contributed by atoms with Gasteiger partial charge in [0.1, 0.15) is 12.2 Å². The van der Waals surface area contributed by atoms with E-state index in [1.165, 1.54) is 6.07 Å². The van der Waals surface area contributed by atoms with Gasteiger partial charge in [-0.1, -0.05) is 48.0 Å². The highest BCUT2D eigenvalue weighted by molar-refractivity contribution is 6.33. The van der Waals surface area contributed by atoms with Crippen molar-refractivity contribution in [1.82, 2.24) is 10.2 Å². The van der Waals surface area contributed by atoms with Crippen molar-refractivity contribution in [2.24, 2.45) is 0 Å². The van der Waals surface area contributed by atoms with Crippen molar-refractivity contribution < 1.29 is 28.1 Å². The summed E-state index contributed by atoms with van der Waals surface area (Å²) in [6.07, 6.45) is 3.30. The van der Waals surface area contributed by atoms with Crippen molar-refractivity contribution in [3.05, 3.63) is 88.2 Å². The Morgan fingerprint density at radius 3 is 2.40 bits per heavy atom. The predicted molar refractivity (Wildman–Crippen MR) is 184 cm³/mol. The molecule has 48 heavy (non-hydrogen) atoms. The number of hydrogen-bond acceptors (Lipinski definition) is 7. The minimum atomic E-state index is -0.635. The maximum atomic E-state index is 15.9. The molecule has 8 nitrogen and oxygen atoms in total. The van der Waals surface area contributed by atoms with E-state index < -0.39 is 11.4 Å². The molecule has 1 saturated heterocycles. The Morgan fingerprint density at radius 1 is 1.04 bits per heavy atom. The Morgan fingerprint density at radius 2 is 1.77 bits per heavy atom. The second kappa shape index (κ2) is 16.1. The minimum absolute atomic E-state index is 0.0365. The highest BCUT2D eigenvalue weighted by Crippen LogP contribution is 2.39. The zero-order chi connectivity index (χ0) is 34.3. The maximum Gasteiger partial charge on any atom is 0.410 e. The van der Waals surface area contributed by atoms with E-state index in [1.54, 1.807) is 19.2 Å². The molecule has 1 aliphatic heterocycles. The van der Waals surface area contributed by atoms with Crippen LogP contribution in [0.3, 0.4) is 0 Å². The van der Waals surface area contributed by atoms with Gasteiger partial charge in [0.05, 0.1) is 37.5 Å². The van der Waals surface area contributed by atoms with Crippen molar-refractivity contribution in [2.45, 2.75) is 76.1 Å². The van der Waals surface area contributed by atoms with E-state index in [0.717, 1.165) is 36.8 Å². The number of ether oxygens (including phenoxy) is 4. The van der Waals surface area contributed by atoms with Gasteiger partial charge in [0.2, 0.25) is 0 Å². The molecule has 256 valence electrons. The van der Waals surface area contributed by atoms with Crippen LogP contribution in [0.5, 0.6) is 5.75 Å². The number of nitrogens with one attached hydrogen (secondary N) is 1. The van der Waals surface area contributed by atoms with E-state index in [2.05, 4.69) is 23.5 Å². The fourth-order valence-electron chi connectivity index (χ4n) is 6.46. The molecule has 3 aromatic rings. The molecule has 2 fully saturated rings. The van der Waals surface area contributed by atoms with E-state index in [4.69, 9.17) is 30.5 Å². The van der Waals surface area contributed by atoms with Crippen molar-refractivity contribution in [1.29, 1.82) is 5.26 Å². The van der Waals surface area contributed by atoms with Crippen LogP contribution in [0.25, 0.3) is 11.1 Å². The predicted octanol–water partition coefficient (Wildman–Crippen LogP) is 7.71. The van der Waals surface area contributed by atoms with E-state index >= 15 is 4.39 Å². The number of amides is 1. The third kappa shape index (κ3) is 8.66. The van der Waals surface area contributed by atoms with Gasteiger partial charge in [-0.05, 0) is 81.8 Å². The lowest BCUT2D eigenvalue weighted by atomic mass is 9.86. The summed E-state index contributed by atoms with van der Waals surface area (Å²) in [6, 6.07) is 21.3. The first kappa shape index (κ1) is 35.6. The van der Waals surface area contributed by atoms with Gasteiger partial charge < -0.3 is 24.3 Å². The first-order valence-corrected chi connectivity index (χ1v) is 17.0. The smallest absolute Gasteiger partial charge is 0.410 e. The molecule has 1 atom stereocenters. The molecule has 0 aromatic heterocycles. The first-order chi connectivity index (χ1) is 23.1. The summed E-state index contributed by atoms with van der Waals surface area (Å²) < 4.78 is 37.8. The molecule has 0 bridgehead atoms. The average molecular weight is 678 g/mol. The maximum absolute atomic E-state index is 15.9. The van der Waals surface area contributed by atoms with Crippen molar-refractivity contribution in [3.63, 3.8) is 0 Å². The van der Waals surface area contributed by atoms with Gasteiger partial charge in [-0.25, -0.2) is 9.18 Å². The Labute approximate surface area is 288 Å². The van der Waals surface area contributed by atoms with E-state index in [-0.39, 0.29) is 53.6 Å². The van der Waals surface area contributed by atoms with Gasteiger partial charge in [-0.15, -0.1) is 0 Å². The van der Waals surface area contributed by atoms with Gasteiger partial charge in [0, 0.05) is 47.8 Å². The highest BCUT2D eigenvalue weighted by Gasteiger charge is 2.39. The van der Waals surface area contributed by atoms with Crippen molar-refractivity contribution >= 4 is 17.7 Å². The van der Waals surface area contributed by atoms with Crippen LogP contribution in [-0.2, 0) is 14.2 Å². The normalized spacial score (nSPS) is 18.8. The van der Waals surface area contributed by atoms with Gasteiger partial charge >= 0.3 is 6.09 Å². The fourth-order valence-corrected chi connectivity index (χ4v) is 6.67. The van der Waals surface area contributed by atoms with E-state index in [1.807, 2.05) is 56.0 Å². The molecule has 1 heterocycles. The van der Waals surface area contributed by atoms with Crippen LogP contribution in [-0.4, -0.2) is 74.8 Å². The number of nitrogens with zero attached hydrogens (tertiary/aromatic N) is 2. The van der Waals surface area contributed by atoms with Gasteiger partial charge in [-0.2, -0.15) is 5.26 Å². The number of nitriles is 1. The number of hydrogen-bond donors (Lipinski definition) is 1. The summed E-state index contributed by atoms with van der Waals surface area (Å²) in [6.45, 7) is 7.88. The van der Waals surface area contributed by atoms with Crippen LogP contribution in [0.15, 0.2) is 60.7 Å². The molecule has 1 saturated carbocycles. The van der Waals surface area contributed by atoms with Crippen molar-refractivity contribution in [3.8, 4) is 22.9 Å². The molecule has 1 unspecified atom stereocenters. The Balaban J connectivity index is 1.35. The molecule has 1 amide bonds. The monoisotopic (exact) mass is 677 g/mol.